The van der Waals surface area contributed by atoms with Gasteiger partial charge in [-0.1, -0.05) is 91.0 Å². The predicted molar refractivity (Wildman–Crippen MR) is 186 cm³/mol. The zero-order chi connectivity index (χ0) is 40.3. The summed E-state index contributed by atoms with van der Waals surface area (Å²) in [6.45, 7) is -0.316. The highest BCUT2D eigenvalue weighted by molar-refractivity contribution is 5.87. The third-order valence-electron chi connectivity index (χ3n) is 9.25. The van der Waals surface area contributed by atoms with Crippen molar-refractivity contribution in [3.8, 4) is 16.9 Å². The zero-order valence-corrected chi connectivity index (χ0v) is 28.9. The fourth-order valence-corrected chi connectivity index (χ4v) is 6.79. The van der Waals surface area contributed by atoms with Gasteiger partial charge in [0.2, 0.25) is 5.91 Å². The number of amides is 2. The van der Waals surface area contributed by atoms with E-state index in [1.807, 2.05) is 41.7 Å². The molecule has 1 aliphatic carbocycles. The molecule has 0 radical (unpaired) electrons. The van der Waals surface area contributed by atoms with Crippen LogP contribution in [-0.4, -0.2) is 43.4 Å². The molecule has 5 aromatic carbocycles. The van der Waals surface area contributed by atoms with Crippen molar-refractivity contribution in [1.82, 2.24) is 10.6 Å². The average molecular weight is 787 g/mol. The smallest absolute Gasteiger partial charge is 0.449 e. The third kappa shape index (κ3) is 8.93. The molecule has 56 heavy (non-hydrogen) atoms. The number of hydrogen-bond acceptors (Lipinski definition) is 4. The molecular weight excluding hydrogens is 755 g/mol. The van der Waals surface area contributed by atoms with E-state index >= 15 is 4.39 Å². The Balaban J connectivity index is 1.37. The molecule has 0 fully saturated rings. The van der Waals surface area contributed by atoms with Crippen molar-refractivity contribution in [1.29, 1.82) is 0 Å². The predicted octanol–water partition coefficient (Wildman–Crippen LogP) is 9.66. The molecule has 0 heterocycles. The minimum Gasteiger partial charge on any atom is -0.449 e. The first kappa shape index (κ1) is 39.7. The van der Waals surface area contributed by atoms with E-state index < -0.39 is 84.0 Å². The Morgan fingerprint density at radius 3 is 1.88 bits per heavy atom. The highest BCUT2D eigenvalue weighted by Crippen LogP contribution is 2.45. The van der Waals surface area contributed by atoms with Gasteiger partial charge >= 0.3 is 24.8 Å². The lowest BCUT2D eigenvalue weighted by molar-refractivity contribution is -0.253. The molecular formula is C41H31F9N2O4. The summed E-state index contributed by atoms with van der Waals surface area (Å²) in [4.78, 5) is 27.4. The topological polar surface area (TPSA) is 76.7 Å². The first-order chi connectivity index (χ1) is 26.5. The zero-order valence-electron chi connectivity index (χ0n) is 28.9. The number of rotatable bonds is 13. The van der Waals surface area contributed by atoms with Gasteiger partial charge in [0.05, 0.1) is 12.0 Å². The van der Waals surface area contributed by atoms with Crippen LogP contribution in [0.25, 0.3) is 11.1 Å². The number of fused-ring (bicyclic) bond motifs is 3. The van der Waals surface area contributed by atoms with Gasteiger partial charge in [-0.15, -0.1) is 0 Å². The van der Waals surface area contributed by atoms with E-state index in [4.69, 9.17) is 4.74 Å². The molecule has 292 valence electrons. The molecule has 0 saturated carbocycles. The lowest BCUT2D eigenvalue weighted by atomic mass is 9.77. The summed E-state index contributed by atoms with van der Waals surface area (Å²) in [5.74, 6) is -5.22. The van der Waals surface area contributed by atoms with Crippen LogP contribution in [0.2, 0.25) is 0 Å². The maximum absolute atomic E-state index is 15.2. The first-order valence-electron chi connectivity index (χ1n) is 17.0. The van der Waals surface area contributed by atoms with E-state index in [2.05, 4.69) is 10.1 Å². The Hall–Kier alpha value is -5.99. The van der Waals surface area contributed by atoms with Crippen LogP contribution in [0, 0.1) is 11.6 Å². The Morgan fingerprint density at radius 1 is 0.696 bits per heavy atom. The normalized spacial score (nSPS) is 14.3. The SMILES string of the molecule is O=C(NC(CC(F)(F)F)C(=O)N[C@](Cc1ccccc1)(c1ccc(F)cc1)c1cc(F)cc(OC(F)(F)C(F)F)c1)OCC1c2ccccc2-c2ccccc21. The summed E-state index contributed by atoms with van der Waals surface area (Å²) < 4.78 is 136. The van der Waals surface area contributed by atoms with E-state index in [9.17, 15) is 44.7 Å². The number of alkyl carbamates (subject to hydrolysis) is 1. The molecule has 5 aromatic rings. The fraction of sp³-hybridized carbons (Fsp3) is 0.220. The van der Waals surface area contributed by atoms with E-state index in [0.717, 1.165) is 52.6 Å². The second kappa shape index (κ2) is 16.0. The van der Waals surface area contributed by atoms with Crippen molar-refractivity contribution in [2.45, 2.75) is 49.1 Å². The minimum atomic E-state index is -5.10. The van der Waals surface area contributed by atoms with Crippen LogP contribution in [0.4, 0.5) is 44.3 Å². The second-order valence-corrected chi connectivity index (χ2v) is 13.0. The quantitative estimate of drug-likeness (QED) is 0.117. The molecule has 15 heteroatoms. The van der Waals surface area contributed by atoms with Crippen LogP contribution in [0.1, 0.15) is 40.2 Å². The Morgan fingerprint density at radius 2 is 1.29 bits per heavy atom. The van der Waals surface area contributed by atoms with Gasteiger partial charge in [0.1, 0.15) is 30.0 Å². The Kier molecular flexibility index (Phi) is 11.3. The maximum Gasteiger partial charge on any atom is 0.461 e. The molecule has 2 N–H and O–H groups in total. The molecule has 6 nitrogen and oxygen atoms in total. The van der Waals surface area contributed by atoms with Gasteiger partial charge in [0, 0.05) is 18.4 Å². The van der Waals surface area contributed by atoms with E-state index in [1.165, 1.54) is 12.1 Å². The largest absolute Gasteiger partial charge is 0.461 e. The summed E-state index contributed by atoms with van der Waals surface area (Å²) in [6.07, 6.45) is -18.3. The van der Waals surface area contributed by atoms with Crippen LogP contribution in [-0.2, 0) is 21.5 Å². The monoisotopic (exact) mass is 786 g/mol. The molecule has 0 spiro atoms. The number of ether oxygens (including phenoxy) is 2. The highest BCUT2D eigenvalue weighted by atomic mass is 19.4. The van der Waals surface area contributed by atoms with Crippen LogP contribution in [0.5, 0.6) is 5.75 Å². The number of nitrogens with one attached hydrogen (secondary N) is 2. The molecule has 2 atom stereocenters. The Labute approximate surface area is 314 Å². The number of hydrogen-bond donors (Lipinski definition) is 2. The summed E-state index contributed by atoms with van der Waals surface area (Å²) >= 11 is 0. The van der Waals surface area contributed by atoms with E-state index in [0.29, 0.717) is 17.7 Å². The molecule has 1 unspecified atom stereocenters. The maximum atomic E-state index is 15.2. The summed E-state index contributed by atoms with van der Waals surface area (Å²) in [6, 6.07) is 25.8. The minimum absolute atomic E-state index is 0.0971. The first-order valence-corrected chi connectivity index (χ1v) is 17.0. The summed E-state index contributed by atoms with van der Waals surface area (Å²) in [7, 11) is 0. The lowest BCUT2D eigenvalue weighted by Gasteiger charge is -2.38. The number of carbonyl (C=O) groups excluding carboxylic acids is 2. The van der Waals surface area contributed by atoms with Crippen molar-refractivity contribution in [2.75, 3.05) is 6.61 Å². The van der Waals surface area contributed by atoms with Gasteiger partial charge in [-0.05, 0) is 63.2 Å². The van der Waals surface area contributed by atoms with Crippen LogP contribution < -0.4 is 15.4 Å². The van der Waals surface area contributed by atoms with Crippen molar-refractivity contribution >= 4 is 12.0 Å². The summed E-state index contributed by atoms with van der Waals surface area (Å²) in [5, 5.41) is 4.41. The Bertz CT molecular complexity index is 2140. The molecule has 6 rings (SSSR count). The van der Waals surface area contributed by atoms with Crippen molar-refractivity contribution in [3.05, 3.63) is 161 Å². The van der Waals surface area contributed by atoms with Crippen LogP contribution >= 0.6 is 0 Å². The van der Waals surface area contributed by atoms with Crippen molar-refractivity contribution in [3.63, 3.8) is 0 Å². The van der Waals surface area contributed by atoms with Gasteiger partial charge in [-0.3, -0.25) is 4.79 Å². The van der Waals surface area contributed by atoms with Gasteiger partial charge < -0.3 is 20.1 Å². The number of benzene rings is 5. The highest BCUT2D eigenvalue weighted by Gasteiger charge is 2.46. The van der Waals surface area contributed by atoms with Crippen molar-refractivity contribution in [2.24, 2.45) is 0 Å². The molecule has 1 aliphatic rings. The molecule has 0 saturated heterocycles. The standard InChI is InChI=1S/C41H31F9N2O4/c42-27-16-14-25(15-17-27)39(21-24-8-2-1-3-9-24,26-18-28(43)20-29(19-26)56-41(49,50)37(44)45)52-36(53)35(22-40(46,47)48)51-38(54)55-23-34-32-12-6-4-10-30(32)31-11-5-7-13-33(31)34/h1-20,34-35,37H,21-23H2,(H,51,54)(H,52,53)/t35?,39-/m1/s1. The third-order valence-corrected chi connectivity index (χ3v) is 9.25. The molecule has 0 aromatic heterocycles. The van der Waals surface area contributed by atoms with E-state index in [1.54, 1.807) is 30.3 Å². The van der Waals surface area contributed by atoms with Crippen molar-refractivity contribution < 1.29 is 58.6 Å². The average Bonchev–Trinajstić information content (AvgIpc) is 3.46. The summed E-state index contributed by atoms with van der Waals surface area (Å²) in [5.41, 5.74) is 0.921. The number of halogens is 9. The number of alkyl halides is 7. The van der Waals surface area contributed by atoms with Gasteiger partial charge in [-0.2, -0.15) is 30.7 Å². The van der Waals surface area contributed by atoms with E-state index in [-0.39, 0.29) is 12.2 Å². The van der Waals surface area contributed by atoms with Crippen LogP contribution in [0.15, 0.2) is 121 Å². The molecule has 2 amide bonds. The lowest BCUT2D eigenvalue weighted by Crippen LogP contribution is -2.56. The molecule has 0 bridgehead atoms. The molecule has 0 aliphatic heterocycles. The fourth-order valence-electron chi connectivity index (χ4n) is 6.79. The van der Waals surface area contributed by atoms with Crippen LogP contribution in [0.3, 0.4) is 0 Å². The van der Waals surface area contributed by atoms with Gasteiger partial charge in [0.15, 0.2) is 0 Å². The second-order valence-electron chi connectivity index (χ2n) is 13.0. The van der Waals surface area contributed by atoms with Gasteiger partial charge in [0.25, 0.3) is 0 Å². The number of carbonyl (C=O) groups is 2. The van der Waals surface area contributed by atoms with Gasteiger partial charge in [-0.25, -0.2) is 13.6 Å².